The molecule has 1 aromatic heterocycles. The van der Waals surface area contributed by atoms with Crippen molar-refractivity contribution in [3.8, 4) is 5.69 Å². The van der Waals surface area contributed by atoms with E-state index in [1.54, 1.807) is 30.5 Å². The molecule has 0 unspecified atom stereocenters. The number of para-hydroxylation sites is 2. The van der Waals surface area contributed by atoms with Crippen LogP contribution in [0.5, 0.6) is 0 Å². The maximum atomic E-state index is 10.9. The lowest BCUT2D eigenvalue weighted by atomic mass is 10.2. The highest BCUT2D eigenvalue weighted by Gasteiger charge is 2.15. The van der Waals surface area contributed by atoms with Crippen molar-refractivity contribution >= 4 is 11.7 Å². The molecule has 1 heterocycles. The van der Waals surface area contributed by atoms with E-state index in [1.165, 1.54) is 10.7 Å². The standard InChI is InChI=1S/C12H11N3O4/c16-12(17)6-5-9-7-8-14(13-9)10-3-1-2-4-11(10)15(18)19/h1-4,7-8H,5-6H2,(H,16,17). The molecule has 0 saturated heterocycles. The summed E-state index contributed by atoms with van der Waals surface area (Å²) < 4.78 is 1.38. The van der Waals surface area contributed by atoms with Crippen molar-refractivity contribution < 1.29 is 14.8 Å². The molecule has 0 aliphatic rings. The summed E-state index contributed by atoms with van der Waals surface area (Å²) in [7, 11) is 0. The number of aliphatic carboxylic acids is 1. The van der Waals surface area contributed by atoms with E-state index < -0.39 is 10.9 Å². The molecule has 0 radical (unpaired) electrons. The Labute approximate surface area is 108 Å². The highest BCUT2D eigenvalue weighted by atomic mass is 16.6. The van der Waals surface area contributed by atoms with Crippen LogP contribution in [0.2, 0.25) is 0 Å². The predicted molar refractivity (Wildman–Crippen MR) is 66.2 cm³/mol. The van der Waals surface area contributed by atoms with Crippen LogP contribution in [0.3, 0.4) is 0 Å². The topological polar surface area (TPSA) is 98.3 Å². The summed E-state index contributed by atoms with van der Waals surface area (Å²) in [4.78, 5) is 20.9. The van der Waals surface area contributed by atoms with Gasteiger partial charge in [-0.3, -0.25) is 14.9 Å². The number of aromatic nitrogens is 2. The van der Waals surface area contributed by atoms with E-state index in [2.05, 4.69) is 5.10 Å². The maximum Gasteiger partial charge on any atom is 0.303 e. The first-order chi connectivity index (χ1) is 9.08. The van der Waals surface area contributed by atoms with Gasteiger partial charge in [0.05, 0.1) is 17.0 Å². The molecule has 2 aromatic rings. The SMILES string of the molecule is O=C(O)CCc1ccn(-c2ccccc2[N+](=O)[O-])n1. The van der Waals surface area contributed by atoms with Crippen LogP contribution in [0.1, 0.15) is 12.1 Å². The number of nitro groups is 1. The van der Waals surface area contributed by atoms with Crippen molar-refractivity contribution in [2.24, 2.45) is 0 Å². The second-order valence-electron chi connectivity index (χ2n) is 3.89. The molecule has 1 aromatic carbocycles. The Balaban J connectivity index is 2.28. The van der Waals surface area contributed by atoms with Gasteiger partial charge in [-0.25, -0.2) is 4.68 Å². The third kappa shape index (κ3) is 2.95. The van der Waals surface area contributed by atoms with Crippen molar-refractivity contribution in [3.05, 3.63) is 52.3 Å². The van der Waals surface area contributed by atoms with Crippen LogP contribution in [-0.4, -0.2) is 25.8 Å². The lowest BCUT2D eigenvalue weighted by Crippen LogP contribution is -2.02. The zero-order chi connectivity index (χ0) is 13.8. The van der Waals surface area contributed by atoms with Crippen molar-refractivity contribution in [3.63, 3.8) is 0 Å². The van der Waals surface area contributed by atoms with Gasteiger partial charge in [-0.2, -0.15) is 5.10 Å². The molecule has 0 amide bonds. The lowest BCUT2D eigenvalue weighted by Gasteiger charge is -2.02. The van der Waals surface area contributed by atoms with Gasteiger partial charge in [0.1, 0.15) is 5.69 Å². The summed E-state index contributed by atoms with van der Waals surface area (Å²) >= 11 is 0. The Kier molecular flexibility index (Phi) is 3.56. The minimum Gasteiger partial charge on any atom is -0.481 e. The van der Waals surface area contributed by atoms with Crippen LogP contribution < -0.4 is 0 Å². The second-order valence-corrected chi connectivity index (χ2v) is 3.89. The Morgan fingerprint density at radius 2 is 2.11 bits per heavy atom. The van der Waals surface area contributed by atoms with Gasteiger partial charge in [0.2, 0.25) is 0 Å². The van der Waals surface area contributed by atoms with Gasteiger partial charge in [0.15, 0.2) is 0 Å². The summed E-state index contributed by atoms with van der Waals surface area (Å²) in [5.41, 5.74) is 0.894. The molecule has 7 nitrogen and oxygen atoms in total. The number of hydrogen-bond donors (Lipinski definition) is 1. The van der Waals surface area contributed by atoms with Crippen LogP contribution >= 0.6 is 0 Å². The summed E-state index contributed by atoms with van der Waals surface area (Å²) in [6.07, 6.45) is 1.86. The summed E-state index contributed by atoms with van der Waals surface area (Å²) in [6, 6.07) is 7.90. The Morgan fingerprint density at radius 1 is 1.37 bits per heavy atom. The molecule has 0 saturated carbocycles. The first-order valence-corrected chi connectivity index (χ1v) is 5.58. The van der Waals surface area contributed by atoms with Gasteiger partial charge in [-0.1, -0.05) is 12.1 Å². The van der Waals surface area contributed by atoms with Gasteiger partial charge in [0.25, 0.3) is 5.69 Å². The second kappa shape index (κ2) is 5.30. The van der Waals surface area contributed by atoms with E-state index in [0.29, 0.717) is 17.8 Å². The summed E-state index contributed by atoms with van der Waals surface area (Å²) in [6.45, 7) is 0. The van der Waals surface area contributed by atoms with E-state index in [9.17, 15) is 14.9 Å². The molecule has 7 heteroatoms. The number of carboxylic acid groups (broad SMARTS) is 1. The Bertz CT molecular complexity index is 621. The maximum absolute atomic E-state index is 10.9. The van der Waals surface area contributed by atoms with Gasteiger partial charge >= 0.3 is 5.97 Å². The van der Waals surface area contributed by atoms with E-state index in [0.717, 1.165) is 0 Å². The van der Waals surface area contributed by atoms with Crippen molar-refractivity contribution in [1.82, 2.24) is 9.78 Å². The molecule has 0 spiro atoms. The highest BCUT2D eigenvalue weighted by Crippen LogP contribution is 2.21. The fourth-order valence-corrected chi connectivity index (χ4v) is 1.68. The van der Waals surface area contributed by atoms with E-state index in [-0.39, 0.29) is 12.1 Å². The molecule has 2 rings (SSSR count). The normalized spacial score (nSPS) is 10.3. The number of aryl methyl sites for hydroxylation is 1. The number of nitrogens with zero attached hydrogens (tertiary/aromatic N) is 3. The zero-order valence-electron chi connectivity index (χ0n) is 9.89. The fourth-order valence-electron chi connectivity index (χ4n) is 1.68. The van der Waals surface area contributed by atoms with E-state index >= 15 is 0 Å². The largest absolute Gasteiger partial charge is 0.481 e. The van der Waals surface area contributed by atoms with Crippen molar-refractivity contribution in [2.75, 3.05) is 0 Å². The van der Waals surface area contributed by atoms with Crippen LogP contribution in [0.25, 0.3) is 5.69 Å². The quantitative estimate of drug-likeness (QED) is 0.653. The number of carboxylic acids is 1. The molecule has 0 aliphatic heterocycles. The lowest BCUT2D eigenvalue weighted by molar-refractivity contribution is -0.384. The molecular formula is C12H11N3O4. The van der Waals surface area contributed by atoms with Crippen molar-refractivity contribution in [1.29, 1.82) is 0 Å². The smallest absolute Gasteiger partial charge is 0.303 e. The average Bonchev–Trinajstić information content (AvgIpc) is 2.85. The molecule has 19 heavy (non-hydrogen) atoms. The number of hydrogen-bond acceptors (Lipinski definition) is 4. The monoisotopic (exact) mass is 261 g/mol. The summed E-state index contributed by atoms with van der Waals surface area (Å²) in [5, 5.41) is 23.6. The van der Waals surface area contributed by atoms with E-state index in [1.807, 2.05) is 0 Å². The van der Waals surface area contributed by atoms with Gasteiger partial charge in [0, 0.05) is 18.7 Å². The molecule has 98 valence electrons. The predicted octanol–water partition coefficient (Wildman–Crippen LogP) is 1.80. The Morgan fingerprint density at radius 3 is 2.79 bits per heavy atom. The molecule has 1 N–H and O–H groups in total. The van der Waals surface area contributed by atoms with Crippen LogP contribution in [0.15, 0.2) is 36.5 Å². The Hall–Kier alpha value is -2.70. The van der Waals surface area contributed by atoms with Crippen LogP contribution in [0.4, 0.5) is 5.69 Å². The molecule has 0 fully saturated rings. The third-order valence-electron chi connectivity index (χ3n) is 2.56. The molecule has 0 atom stereocenters. The summed E-state index contributed by atoms with van der Waals surface area (Å²) in [5.74, 6) is -0.903. The zero-order valence-corrected chi connectivity index (χ0v) is 9.89. The fraction of sp³-hybridized carbons (Fsp3) is 0.167. The first-order valence-electron chi connectivity index (χ1n) is 5.58. The molecule has 0 bridgehead atoms. The van der Waals surface area contributed by atoms with Crippen LogP contribution in [-0.2, 0) is 11.2 Å². The number of rotatable bonds is 5. The number of carbonyl (C=O) groups is 1. The minimum absolute atomic E-state index is 0.0199. The third-order valence-corrected chi connectivity index (χ3v) is 2.56. The minimum atomic E-state index is -0.903. The van der Waals surface area contributed by atoms with Crippen molar-refractivity contribution in [2.45, 2.75) is 12.8 Å². The van der Waals surface area contributed by atoms with Gasteiger partial charge in [-0.15, -0.1) is 0 Å². The first kappa shape index (κ1) is 12.7. The average molecular weight is 261 g/mol. The van der Waals surface area contributed by atoms with Gasteiger partial charge in [-0.05, 0) is 12.1 Å². The number of nitro benzene ring substituents is 1. The van der Waals surface area contributed by atoms with Gasteiger partial charge < -0.3 is 5.11 Å². The van der Waals surface area contributed by atoms with Crippen LogP contribution in [0, 0.1) is 10.1 Å². The molecule has 0 aliphatic carbocycles. The van der Waals surface area contributed by atoms with E-state index in [4.69, 9.17) is 5.11 Å². The highest BCUT2D eigenvalue weighted by molar-refractivity contribution is 5.66. The molecular weight excluding hydrogens is 250 g/mol. The number of benzene rings is 1.